The molecular weight excluding hydrogens is 458 g/mol. The van der Waals surface area contributed by atoms with E-state index in [0.717, 1.165) is 33.7 Å². The van der Waals surface area contributed by atoms with Gasteiger partial charge in [0.2, 0.25) is 0 Å². The van der Waals surface area contributed by atoms with Crippen molar-refractivity contribution in [3.8, 4) is 11.3 Å². The van der Waals surface area contributed by atoms with E-state index < -0.39 is 4.92 Å². The van der Waals surface area contributed by atoms with Crippen LogP contribution in [0.1, 0.15) is 28.1 Å². The van der Waals surface area contributed by atoms with Crippen molar-refractivity contribution in [2.24, 2.45) is 5.16 Å². The van der Waals surface area contributed by atoms with E-state index in [2.05, 4.69) is 34.5 Å². The summed E-state index contributed by atoms with van der Waals surface area (Å²) in [6.07, 6.45) is 5.38. The standard InChI is InChI=1S/C26H23N7O3/c1-18-5-9-21(10-6-18)25-24(32-13-3-4-19(2)26(32)28-25)14-27-36-17-22-16-31(30-29-22)15-20-7-11-23(12-8-20)33(34)35/h3-14,16H,15,17H2,1-2H3/b27-14+. The first-order chi connectivity index (χ1) is 17.5. The van der Waals surface area contributed by atoms with Crippen LogP contribution in [-0.4, -0.2) is 35.5 Å². The molecule has 0 radical (unpaired) electrons. The topological polar surface area (TPSA) is 113 Å². The number of pyridine rings is 1. The summed E-state index contributed by atoms with van der Waals surface area (Å²) in [5.74, 6) is 0. The molecular formula is C26H23N7O3. The number of imidazole rings is 1. The number of hydrogen-bond donors (Lipinski definition) is 0. The summed E-state index contributed by atoms with van der Waals surface area (Å²) in [7, 11) is 0. The molecule has 180 valence electrons. The van der Waals surface area contributed by atoms with Gasteiger partial charge < -0.3 is 4.84 Å². The number of nitrogens with zero attached hydrogens (tertiary/aromatic N) is 7. The fourth-order valence-corrected chi connectivity index (χ4v) is 3.85. The number of nitro groups is 1. The molecule has 10 nitrogen and oxygen atoms in total. The van der Waals surface area contributed by atoms with Gasteiger partial charge in [-0.25, -0.2) is 9.67 Å². The Labute approximate surface area is 206 Å². The van der Waals surface area contributed by atoms with Gasteiger partial charge in [0, 0.05) is 23.9 Å². The number of fused-ring (bicyclic) bond motifs is 1. The molecule has 10 heteroatoms. The van der Waals surface area contributed by atoms with Crippen LogP contribution in [0.2, 0.25) is 0 Å². The maximum atomic E-state index is 10.8. The highest BCUT2D eigenvalue weighted by molar-refractivity contribution is 5.89. The lowest BCUT2D eigenvalue weighted by atomic mass is 10.1. The minimum absolute atomic E-state index is 0.0518. The normalized spacial score (nSPS) is 11.4. The van der Waals surface area contributed by atoms with Gasteiger partial charge in [-0.2, -0.15) is 0 Å². The highest BCUT2D eigenvalue weighted by Crippen LogP contribution is 2.25. The molecule has 0 aliphatic heterocycles. The summed E-state index contributed by atoms with van der Waals surface area (Å²) in [6, 6.07) is 18.6. The Morgan fingerprint density at radius 1 is 1.08 bits per heavy atom. The van der Waals surface area contributed by atoms with E-state index in [1.54, 1.807) is 29.2 Å². The molecule has 3 aromatic heterocycles. The average molecular weight is 482 g/mol. The molecule has 0 aliphatic carbocycles. The molecule has 2 aromatic carbocycles. The number of oxime groups is 1. The average Bonchev–Trinajstić information content (AvgIpc) is 3.48. The number of non-ortho nitro benzene ring substituents is 1. The number of benzene rings is 2. The molecule has 5 rings (SSSR count). The van der Waals surface area contributed by atoms with Crippen LogP contribution in [0.3, 0.4) is 0 Å². The number of hydrogen-bond acceptors (Lipinski definition) is 7. The first-order valence-corrected chi connectivity index (χ1v) is 11.3. The van der Waals surface area contributed by atoms with Gasteiger partial charge in [-0.05, 0) is 31.0 Å². The van der Waals surface area contributed by atoms with E-state index in [1.165, 1.54) is 17.7 Å². The van der Waals surface area contributed by atoms with Crippen LogP contribution in [-0.2, 0) is 18.0 Å². The zero-order valence-corrected chi connectivity index (χ0v) is 19.8. The van der Waals surface area contributed by atoms with Gasteiger partial charge in [-0.15, -0.1) is 5.10 Å². The zero-order chi connectivity index (χ0) is 25.1. The Morgan fingerprint density at radius 2 is 1.86 bits per heavy atom. The van der Waals surface area contributed by atoms with Gasteiger partial charge in [0.1, 0.15) is 11.3 Å². The van der Waals surface area contributed by atoms with Gasteiger partial charge in [0.25, 0.3) is 5.69 Å². The molecule has 0 saturated carbocycles. The van der Waals surface area contributed by atoms with Gasteiger partial charge in [-0.3, -0.25) is 14.5 Å². The predicted octanol–water partition coefficient (Wildman–Crippen LogP) is 4.72. The smallest absolute Gasteiger partial charge is 0.269 e. The highest BCUT2D eigenvalue weighted by Gasteiger charge is 2.14. The monoisotopic (exact) mass is 481 g/mol. The molecule has 0 saturated heterocycles. The van der Waals surface area contributed by atoms with Crippen LogP contribution >= 0.6 is 0 Å². The Hall–Kier alpha value is -4.86. The SMILES string of the molecule is Cc1ccc(-c2nc3c(C)cccn3c2/C=N/OCc2cn(Cc3ccc([N+](=O)[O-])cc3)nn2)cc1. The number of rotatable bonds is 8. The second-order valence-electron chi connectivity index (χ2n) is 8.44. The summed E-state index contributed by atoms with van der Waals surface area (Å²) >= 11 is 0. The minimum atomic E-state index is -0.424. The molecule has 36 heavy (non-hydrogen) atoms. The lowest BCUT2D eigenvalue weighted by Gasteiger charge is -2.02. The lowest BCUT2D eigenvalue weighted by Crippen LogP contribution is -2.00. The summed E-state index contributed by atoms with van der Waals surface area (Å²) < 4.78 is 3.64. The summed E-state index contributed by atoms with van der Waals surface area (Å²) in [5.41, 5.74) is 7.29. The van der Waals surface area contributed by atoms with E-state index in [0.29, 0.717) is 12.2 Å². The Bertz CT molecular complexity index is 1550. The fourth-order valence-electron chi connectivity index (χ4n) is 3.85. The summed E-state index contributed by atoms with van der Waals surface area (Å²) in [4.78, 5) is 20.8. The summed E-state index contributed by atoms with van der Waals surface area (Å²) in [6.45, 7) is 4.66. The van der Waals surface area contributed by atoms with Crippen LogP contribution < -0.4 is 0 Å². The molecule has 0 amide bonds. The number of nitro benzene ring substituents is 1. The van der Waals surface area contributed by atoms with Crippen molar-refractivity contribution in [2.45, 2.75) is 27.0 Å². The van der Waals surface area contributed by atoms with Crippen molar-refractivity contribution in [1.29, 1.82) is 0 Å². The molecule has 0 bridgehead atoms. The summed E-state index contributed by atoms with van der Waals surface area (Å²) in [5, 5.41) is 23.2. The van der Waals surface area contributed by atoms with E-state index in [9.17, 15) is 10.1 Å². The Kier molecular flexibility index (Phi) is 6.23. The Balaban J connectivity index is 1.29. The third-order valence-corrected chi connectivity index (χ3v) is 5.75. The maximum absolute atomic E-state index is 10.8. The van der Waals surface area contributed by atoms with Crippen LogP contribution in [0.15, 0.2) is 78.2 Å². The van der Waals surface area contributed by atoms with Crippen molar-refractivity contribution < 1.29 is 9.76 Å². The minimum Gasteiger partial charge on any atom is -0.389 e. The van der Waals surface area contributed by atoms with Crippen LogP contribution in [0.25, 0.3) is 16.9 Å². The van der Waals surface area contributed by atoms with E-state index in [1.807, 2.05) is 41.8 Å². The maximum Gasteiger partial charge on any atom is 0.269 e. The van der Waals surface area contributed by atoms with Crippen LogP contribution in [0, 0.1) is 24.0 Å². The van der Waals surface area contributed by atoms with Gasteiger partial charge in [-0.1, -0.05) is 58.4 Å². The molecule has 0 unspecified atom stereocenters. The highest BCUT2D eigenvalue weighted by atomic mass is 16.6. The predicted molar refractivity (Wildman–Crippen MR) is 135 cm³/mol. The largest absolute Gasteiger partial charge is 0.389 e. The molecule has 5 aromatic rings. The van der Waals surface area contributed by atoms with Gasteiger partial charge in [0.05, 0.1) is 35.3 Å². The quantitative estimate of drug-likeness (QED) is 0.180. The molecule has 0 aliphatic rings. The van der Waals surface area contributed by atoms with Crippen molar-refractivity contribution in [3.05, 3.63) is 111 Å². The second kappa shape index (κ2) is 9.79. The van der Waals surface area contributed by atoms with E-state index >= 15 is 0 Å². The van der Waals surface area contributed by atoms with E-state index in [4.69, 9.17) is 9.82 Å². The molecule has 0 spiro atoms. The van der Waals surface area contributed by atoms with Gasteiger partial charge in [0.15, 0.2) is 6.61 Å². The number of aromatic nitrogens is 5. The van der Waals surface area contributed by atoms with Crippen molar-refractivity contribution >= 4 is 17.5 Å². The van der Waals surface area contributed by atoms with Crippen molar-refractivity contribution in [3.63, 3.8) is 0 Å². The molecule has 3 heterocycles. The van der Waals surface area contributed by atoms with E-state index in [-0.39, 0.29) is 12.3 Å². The first kappa shape index (κ1) is 22.9. The third-order valence-electron chi connectivity index (χ3n) is 5.75. The van der Waals surface area contributed by atoms with Crippen molar-refractivity contribution in [1.82, 2.24) is 24.4 Å². The molecule has 0 atom stereocenters. The van der Waals surface area contributed by atoms with Crippen LogP contribution in [0.4, 0.5) is 5.69 Å². The Morgan fingerprint density at radius 3 is 2.61 bits per heavy atom. The van der Waals surface area contributed by atoms with Crippen LogP contribution in [0.5, 0.6) is 0 Å². The number of aryl methyl sites for hydroxylation is 2. The second-order valence-corrected chi connectivity index (χ2v) is 8.44. The molecule has 0 N–H and O–H groups in total. The van der Waals surface area contributed by atoms with Crippen molar-refractivity contribution in [2.75, 3.05) is 0 Å². The third kappa shape index (κ3) is 4.83. The van der Waals surface area contributed by atoms with Gasteiger partial charge >= 0.3 is 0 Å². The first-order valence-electron chi connectivity index (χ1n) is 11.3. The fraction of sp³-hybridized carbons (Fsp3) is 0.154. The zero-order valence-electron chi connectivity index (χ0n) is 19.8. The lowest BCUT2D eigenvalue weighted by molar-refractivity contribution is -0.384. The molecule has 0 fully saturated rings.